The fourth-order valence-electron chi connectivity index (χ4n) is 3.93. The second-order valence-corrected chi connectivity index (χ2v) is 6.54. The van der Waals surface area contributed by atoms with Crippen molar-refractivity contribution in [3.05, 3.63) is 36.5 Å². The van der Waals surface area contributed by atoms with E-state index in [4.69, 9.17) is 9.47 Å². The van der Waals surface area contributed by atoms with Gasteiger partial charge in [0.15, 0.2) is 0 Å². The average molecular weight is 288 g/mol. The van der Waals surface area contributed by atoms with Crippen LogP contribution in [-0.4, -0.2) is 24.1 Å². The Balaban J connectivity index is 1.89. The third kappa shape index (κ3) is 2.13. The Hall–Kier alpha value is -1.84. The van der Waals surface area contributed by atoms with Crippen LogP contribution < -0.4 is 0 Å². The molecule has 0 bridgehead atoms. The summed E-state index contributed by atoms with van der Waals surface area (Å²) in [5.41, 5.74) is 1.36. The lowest BCUT2D eigenvalue weighted by Gasteiger charge is -2.48. The molecular formula is C17H20O4. The van der Waals surface area contributed by atoms with Gasteiger partial charge in [0.05, 0.1) is 0 Å². The van der Waals surface area contributed by atoms with Crippen LogP contribution in [0.3, 0.4) is 0 Å². The Bertz CT molecular complexity index is 573. The zero-order valence-electron chi connectivity index (χ0n) is 12.4. The van der Waals surface area contributed by atoms with E-state index in [1.165, 1.54) is 6.92 Å². The summed E-state index contributed by atoms with van der Waals surface area (Å²) < 4.78 is 10.7. The van der Waals surface area contributed by atoms with Gasteiger partial charge in [0.1, 0.15) is 12.2 Å². The standard InChI is InChI=1S/C17H20O4/c1-9-12-7-13-10(2)14(20-11(3)18)5-6-17(13,4)8-15(12)21-16(9)19/h5-6,12-15H,1-2,7-8H2,3-4H3/t12-,13+,14+,15-,17-/m1/s1. The molecule has 0 aromatic carbocycles. The molecule has 3 aliphatic rings. The molecule has 1 aliphatic heterocycles. The predicted octanol–water partition coefficient (Wildman–Crippen LogP) is 2.56. The number of allylic oxidation sites excluding steroid dienone is 1. The number of fused-ring (bicyclic) bond motifs is 2. The van der Waals surface area contributed by atoms with Crippen molar-refractivity contribution in [3.8, 4) is 0 Å². The van der Waals surface area contributed by atoms with Crippen LogP contribution >= 0.6 is 0 Å². The molecule has 3 rings (SSSR count). The van der Waals surface area contributed by atoms with Gasteiger partial charge in [-0.05, 0) is 35.8 Å². The first-order chi connectivity index (χ1) is 9.82. The second kappa shape index (κ2) is 4.58. The van der Waals surface area contributed by atoms with Gasteiger partial charge in [0.25, 0.3) is 0 Å². The van der Waals surface area contributed by atoms with Crippen molar-refractivity contribution in [1.82, 2.24) is 0 Å². The van der Waals surface area contributed by atoms with Gasteiger partial charge in [-0.15, -0.1) is 0 Å². The van der Waals surface area contributed by atoms with Crippen LogP contribution in [0.25, 0.3) is 0 Å². The number of ether oxygens (including phenoxy) is 2. The lowest BCUT2D eigenvalue weighted by Crippen LogP contribution is -2.44. The van der Waals surface area contributed by atoms with E-state index < -0.39 is 0 Å². The summed E-state index contributed by atoms with van der Waals surface area (Å²) in [6.07, 6.45) is 5.05. The van der Waals surface area contributed by atoms with Crippen molar-refractivity contribution in [2.24, 2.45) is 17.3 Å². The van der Waals surface area contributed by atoms with Crippen molar-refractivity contribution in [3.63, 3.8) is 0 Å². The Labute approximate surface area is 124 Å². The van der Waals surface area contributed by atoms with Crippen molar-refractivity contribution < 1.29 is 19.1 Å². The predicted molar refractivity (Wildman–Crippen MR) is 77.2 cm³/mol. The number of carbonyl (C=O) groups excluding carboxylic acids is 2. The lowest BCUT2D eigenvalue weighted by molar-refractivity contribution is -0.145. The SMILES string of the molecule is C=C1C(=O)O[C@@H]2C[C@@]3(C)C=C[C@H](OC(C)=O)C(=C)[C@@H]3C[C@H]12. The molecule has 0 spiro atoms. The Morgan fingerprint density at radius 1 is 1.48 bits per heavy atom. The zero-order valence-corrected chi connectivity index (χ0v) is 12.4. The summed E-state index contributed by atoms with van der Waals surface area (Å²) in [6.45, 7) is 11.6. The van der Waals surface area contributed by atoms with Crippen LogP contribution in [0.15, 0.2) is 36.5 Å². The van der Waals surface area contributed by atoms with Crippen LogP contribution in [0.2, 0.25) is 0 Å². The largest absolute Gasteiger partial charge is 0.458 e. The number of hydrogen-bond donors (Lipinski definition) is 0. The van der Waals surface area contributed by atoms with Crippen molar-refractivity contribution >= 4 is 11.9 Å². The topological polar surface area (TPSA) is 52.6 Å². The molecule has 0 N–H and O–H groups in total. The molecule has 5 atom stereocenters. The normalized spacial score (nSPS) is 41.3. The Morgan fingerprint density at radius 3 is 2.86 bits per heavy atom. The van der Waals surface area contributed by atoms with Gasteiger partial charge in [0, 0.05) is 18.4 Å². The molecule has 0 radical (unpaired) electrons. The second-order valence-electron chi connectivity index (χ2n) is 6.54. The van der Waals surface area contributed by atoms with Gasteiger partial charge in [-0.1, -0.05) is 26.2 Å². The van der Waals surface area contributed by atoms with E-state index in [1.54, 1.807) is 0 Å². The van der Waals surface area contributed by atoms with E-state index in [-0.39, 0.29) is 41.4 Å². The highest BCUT2D eigenvalue weighted by Crippen LogP contribution is 2.54. The summed E-state index contributed by atoms with van der Waals surface area (Å²) >= 11 is 0. The molecule has 0 aromatic rings. The minimum Gasteiger partial charge on any atom is -0.458 e. The van der Waals surface area contributed by atoms with Gasteiger partial charge in [0.2, 0.25) is 0 Å². The van der Waals surface area contributed by atoms with E-state index in [0.29, 0.717) is 5.57 Å². The Morgan fingerprint density at radius 2 is 2.19 bits per heavy atom. The summed E-state index contributed by atoms with van der Waals surface area (Å²) in [6, 6.07) is 0. The molecule has 2 aliphatic carbocycles. The molecule has 1 saturated carbocycles. The third-order valence-corrected chi connectivity index (χ3v) is 5.10. The molecule has 0 aromatic heterocycles. The van der Waals surface area contributed by atoms with Gasteiger partial charge in [-0.25, -0.2) is 4.79 Å². The number of carbonyl (C=O) groups is 2. The van der Waals surface area contributed by atoms with Gasteiger partial charge in [-0.3, -0.25) is 4.79 Å². The van der Waals surface area contributed by atoms with Crippen LogP contribution in [-0.2, 0) is 19.1 Å². The van der Waals surface area contributed by atoms with E-state index in [9.17, 15) is 9.59 Å². The zero-order chi connectivity index (χ0) is 15.4. The summed E-state index contributed by atoms with van der Waals surface area (Å²) in [5.74, 6) is -0.374. The minimum atomic E-state index is -0.372. The first kappa shape index (κ1) is 14.1. The fraction of sp³-hybridized carbons (Fsp3) is 0.529. The highest BCUT2D eigenvalue weighted by molar-refractivity contribution is 5.90. The Kier molecular flexibility index (Phi) is 3.08. The smallest absolute Gasteiger partial charge is 0.334 e. The molecule has 21 heavy (non-hydrogen) atoms. The summed E-state index contributed by atoms with van der Waals surface area (Å²) in [4.78, 5) is 22.9. The molecule has 2 fully saturated rings. The maximum absolute atomic E-state index is 11.7. The maximum atomic E-state index is 11.7. The number of hydrogen-bond acceptors (Lipinski definition) is 4. The van der Waals surface area contributed by atoms with Crippen molar-refractivity contribution in [2.75, 3.05) is 0 Å². The van der Waals surface area contributed by atoms with Crippen LogP contribution in [0, 0.1) is 17.3 Å². The third-order valence-electron chi connectivity index (χ3n) is 5.10. The molecular weight excluding hydrogens is 268 g/mol. The average Bonchev–Trinajstić information content (AvgIpc) is 2.66. The van der Waals surface area contributed by atoms with Crippen LogP contribution in [0.1, 0.15) is 26.7 Å². The minimum absolute atomic E-state index is 0.0526. The van der Waals surface area contributed by atoms with E-state index in [2.05, 4.69) is 26.2 Å². The molecule has 1 heterocycles. The van der Waals surface area contributed by atoms with Crippen LogP contribution in [0.4, 0.5) is 0 Å². The first-order valence-corrected chi connectivity index (χ1v) is 7.27. The molecule has 112 valence electrons. The van der Waals surface area contributed by atoms with Crippen molar-refractivity contribution in [1.29, 1.82) is 0 Å². The lowest BCUT2D eigenvalue weighted by atomic mass is 9.58. The van der Waals surface area contributed by atoms with E-state index in [1.807, 2.05) is 6.08 Å². The van der Waals surface area contributed by atoms with Crippen molar-refractivity contribution in [2.45, 2.75) is 38.9 Å². The molecule has 4 nitrogen and oxygen atoms in total. The van der Waals surface area contributed by atoms with E-state index >= 15 is 0 Å². The van der Waals surface area contributed by atoms with Crippen LogP contribution in [0.5, 0.6) is 0 Å². The molecule has 4 heteroatoms. The van der Waals surface area contributed by atoms with E-state index in [0.717, 1.165) is 18.4 Å². The summed E-state index contributed by atoms with van der Waals surface area (Å²) in [7, 11) is 0. The quantitative estimate of drug-likeness (QED) is 0.423. The molecule has 0 unspecified atom stereocenters. The highest BCUT2D eigenvalue weighted by Gasteiger charge is 2.53. The van der Waals surface area contributed by atoms with Gasteiger partial charge < -0.3 is 9.47 Å². The highest BCUT2D eigenvalue weighted by atomic mass is 16.6. The maximum Gasteiger partial charge on any atom is 0.334 e. The fourth-order valence-corrected chi connectivity index (χ4v) is 3.93. The first-order valence-electron chi connectivity index (χ1n) is 7.27. The van der Waals surface area contributed by atoms with Gasteiger partial charge >= 0.3 is 11.9 Å². The van der Waals surface area contributed by atoms with Gasteiger partial charge in [-0.2, -0.15) is 0 Å². The molecule has 1 saturated heterocycles. The monoisotopic (exact) mass is 288 g/mol. The number of esters is 2. The molecule has 0 amide bonds. The summed E-state index contributed by atoms with van der Waals surface area (Å²) in [5, 5.41) is 0. The number of rotatable bonds is 1.